The molecule has 0 spiro atoms. The maximum Gasteiger partial charge on any atom is 0.221 e. The lowest BCUT2D eigenvalue weighted by Crippen LogP contribution is -2.42. The van der Waals surface area contributed by atoms with E-state index in [2.05, 4.69) is 46.5 Å². The molecule has 0 unspecified atom stereocenters. The fourth-order valence-electron chi connectivity index (χ4n) is 3.55. The number of nitrogens with zero attached hydrogens (tertiary/aromatic N) is 3. The van der Waals surface area contributed by atoms with Gasteiger partial charge in [0, 0.05) is 25.2 Å². The van der Waals surface area contributed by atoms with Crippen LogP contribution in [0, 0.1) is 5.92 Å². The lowest BCUT2D eigenvalue weighted by atomic mass is 9.97. The Labute approximate surface area is 155 Å². The van der Waals surface area contributed by atoms with Gasteiger partial charge in [0.1, 0.15) is 0 Å². The summed E-state index contributed by atoms with van der Waals surface area (Å²) in [5, 5.41) is 0. The van der Waals surface area contributed by atoms with E-state index in [0.29, 0.717) is 0 Å². The lowest BCUT2D eigenvalue weighted by molar-refractivity contribution is -0.123. The fourth-order valence-corrected chi connectivity index (χ4v) is 3.55. The zero-order chi connectivity index (χ0) is 18.5. The van der Waals surface area contributed by atoms with Gasteiger partial charge >= 0.3 is 0 Å². The maximum atomic E-state index is 11.5. The summed E-state index contributed by atoms with van der Waals surface area (Å²) in [7, 11) is 0. The van der Waals surface area contributed by atoms with Crippen molar-refractivity contribution in [2.45, 2.75) is 33.2 Å². The number of benzene rings is 1. The molecule has 0 saturated carbocycles. The number of hydrogen-bond donors (Lipinski definition) is 1. The second-order valence-electron chi connectivity index (χ2n) is 7.30. The summed E-state index contributed by atoms with van der Waals surface area (Å²) in [5.41, 5.74) is 10.0. The fraction of sp³-hybridized carbons (Fsp3) is 0.429. The number of carbonyl (C=O) groups excluding carboxylic acids is 1. The Bertz CT molecular complexity index is 775. The monoisotopic (exact) mass is 352 g/mol. The minimum Gasteiger partial charge on any atom is -0.369 e. The van der Waals surface area contributed by atoms with Gasteiger partial charge in [-0.05, 0) is 39.3 Å². The van der Waals surface area contributed by atoms with Crippen molar-refractivity contribution in [2.24, 2.45) is 11.7 Å². The zero-order valence-electron chi connectivity index (χ0n) is 15.7. The Morgan fingerprint density at radius 1 is 1.27 bits per heavy atom. The predicted molar refractivity (Wildman–Crippen MR) is 105 cm³/mol. The smallest absolute Gasteiger partial charge is 0.221 e. The second kappa shape index (κ2) is 8.32. The van der Waals surface area contributed by atoms with Crippen LogP contribution in [0.3, 0.4) is 0 Å². The van der Waals surface area contributed by atoms with Crippen LogP contribution >= 0.6 is 0 Å². The molecule has 3 rings (SSSR count). The number of amides is 1. The van der Waals surface area contributed by atoms with Gasteiger partial charge in [0.05, 0.1) is 23.6 Å². The van der Waals surface area contributed by atoms with E-state index in [4.69, 9.17) is 5.73 Å². The first-order chi connectivity index (χ1) is 12.5. The molecule has 2 N–H and O–H groups in total. The second-order valence-corrected chi connectivity index (χ2v) is 7.30. The summed E-state index contributed by atoms with van der Waals surface area (Å²) in [5.74, 6) is -0.183. The van der Waals surface area contributed by atoms with E-state index in [0.717, 1.165) is 56.0 Å². The molecule has 5 nitrogen and oxygen atoms in total. The molecule has 0 radical (unpaired) electrons. The third-order valence-corrected chi connectivity index (χ3v) is 4.92. The largest absolute Gasteiger partial charge is 0.369 e. The van der Waals surface area contributed by atoms with Gasteiger partial charge in [0.25, 0.3) is 0 Å². The highest BCUT2D eigenvalue weighted by Gasteiger charge is 2.23. The van der Waals surface area contributed by atoms with Crippen molar-refractivity contribution in [1.82, 2.24) is 14.5 Å². The molecule has 2 aromatic rings. The molecule has 5 heteroatoms. The van der Waals surface area contributed by atoms with E-state index in [-0.39, 0.29) is 11.8 Å². The maximum absolute atomic E-state index is 11.5. The van der Waals surface area contributed by atoms with Gasteiger partial charge in [-0.25, -0.2) is 4.98 Å². The predicted octanol–water partition coefficient (Wildman–Crippen LogP) is 3.17. The molecule has 1 amide bonds. The van der Waals surface area contributed by atoms with Crippen molar-refractivity contribution < 1.29 is 4.79 Å². The number of allylic oxidation sites excluding steroid dienone is 1. The number of rotatable bonds is 6. The summed E-state index contributed by atoms with van der Waals surface area (Å²) in [6.07, 6.45) is 6.07. The van der Waals surface area contributed by atoms with E-state index >= 15 is 0 Å². The number of aromatic nitrogens is 2. The van der Waals surface area contributed by atoms with Crippen LogP contribution in [0.4, 0.5) is 0 Å². The number of nitrogens with two attached hydrogens (primary N) is 1. The number of likely N-dealkylation sites (tertiary alicyclic amines) is 1. The van der Waals surface area contributed by atoms with Crippen LogP contribution in [0.1, 0.15) is 32.4 Å². The van der Waals surface area contributed by atoms with Gasteiger partial charge in [-0.1, -0.05) is 35.9 Å². The molecule has 1 aliphatic heterocycles. The molecule has 1 aromatic heterocycles. The zero-order valence-corrected chi connectivity index (χ0v) is 15.7. The Morgan fingerprint density at radius 3 is 2.73 bits per heavy atom. The van der Waals surface area contributed by atoms with Crippen LogP contribution in [0.5, 0.6) is 0 Å². The van der Waals surface area contributed by atoms with E-state index in [1.165, 1.54) is 5.57 Å². The standard InChI is InChI=1S/C21H28N4O/c1-16(2)13-19-20(17-7-4-3-5-8-17)23-15-25(19)12-11-24-10-6-9-18(14-24)21(22)26/h3-5,7-8,13,15,18H,6,9-12,14H2,1-2H3,(H2,22,26)/t18-/m1/s1. The van der Waals surface area contributed by atoms with Gasteiger partial charge in [-0.3, -0.25) is 4.79 Å². The number of imidazole rings is 1. The normalized spacial score (nSPS) is 17.8. The molecular formula is C21H28N4O. The molecular weight excluding hydrogens is 324 g/mol. The summed E-state index contributed by atoms with van der Waals surface area (Å²) < 4.78 is 2.21. The molecule has 0 aliphatic carbocycles. The molecule has 138 valence electrons. The van der Waals surface area contributed by atoms with Gasteiger partial charge in [0.15, 0.2) is 0 Å². The molecule has 1 aromatic carbocycles. The Kier molecular flexibility index (Phi) is 5.89. The van der Waals surface area contributed by atoms with Crippen LogP contribution in [0.15, 0.2) is 42.2 Å². The van der Waals surface area contributed by atoms with Crippen LogP contribution in [-0.2, 0) is 11.3 Å². The van der Waals surface area contributed by atoms with E-state index < -0.39 is 0 Å². The summed E-state index contributed by atoms with van der Waals surface area (Å²) in [6, 6.07) is 10.3. The molecule has 26 heavy (non-hydrogen) atoms. The van der Waals surface area contributed by atoms with E-state index in [1.807, 2.05) is 24.5 Å². The average molecular weight is 352 g/mol. The topological polar surface area (TPSA) is 64.2 Å². The number of piperidine rings is 1. The highest BCUT2D eigenvalue weighted by Crippen LogP contribution is 2.24. The van der Waals surface area contributed by atoms with Crippen molar-refractivity contribution in [3.8, 4) is 11.3 Å². The molecule has 1 saturated heterocycles. The molecule has 1 aliphatic rings. The van der Waals surface area contributed by atoms with Gasteiger partial charge in [-0.2, -0.15) is 0 Å². The van der Waals surface area contributed by atoms with Crippen LogP contribution in [-0.4, -0.2) is 40.0 Å². The Hall–Kier alpha value is -2.40. The minimum atomic E-state index is -0.172. The average Bonchev–Trinajstić information content (AvgIpc) is 3.03. The SMILES string of the molecule is CC(C)=Cc1c(-c2ccccc2)ncn1CCN1CCC[C@@H](C(N)=O)C1. The van der Waals surface area contributed by atoms with Crippen molar-refractivity contribution >= 4 is 12.0 Å². The van der Waals surface area contributed by atoms with Gasteiger partial charge in [-0.15, -0.1) is 0 Å². The van der Waals surface area contributed by atoms with E-state index in [1.54, 1.807) is 0 Å². The van der Waals surface area contributed by atoms with Crippen molar-refractivity contribution in [1.29, 1.82) is 0 Å². The summed E-state index contributed by atoms with van der Waals surface area (Å²) >= 11 is 0. The third kappa shape index (κ3) is 4.41. The van der Waals surface area contributed by atoms with Gasteiger partial charge in [0.2, 0.25) is 5.91 Å². The number of hydrogen-bond acceptors (Lipinski definition) is 3. The third-order valence-electron chi connectivity index (χ3n) is 4.92. The first-order valence-electron chi connectivity index (χ1n) is 9.31. The minimum absolute atomic E-state index is 0.0105. The molecule has 0 bridgehead atoms. The highest BCUT2D eigenvalue weighted by atomic mass is 16.1. The first-order valence-corrected chi connectivity index (χ1v) is 9.31. The quantitative estimate of drug-likeness (QED) is 0.868. The first kappa shape index (κ1) is 18.4. The lowest BCUT2D eigenvalue weighted by Gasteiger charge is -2.31. The van der Waals surface area contributed by atoms with Crippen LogP contribution in [0.2, 0.25) is 0 Å². The number of carbonyl (C=O) groups is 1. The highest BCUT2D eigenvalue weighted by molar-refractivity contribution is 5.77. The van der Waals surface area contributed by atoms with E-state index in [9.17, 15) is 4.79 Å². The van der Waals surface area contributed by atoms with Crippen molar-refractivity contribution in [3.63, 3.8) is 0 Å². The molecule has 2 heterocycles. The molecule has 1 fully saturated rings. The van der Waals surface area contributed by atoms with Crippen LogP contribution < -0.4 is 5.73 Å². The van der Waals surface area contributed by atoms with Gasteiger partial charge < -0.3 is 15.2 Å². The summed E-state index contributed by atoms with van der Waals surface area (Å²) in [6.45, 7) is 7.76. The number of primary amides is 1. The Morgan fingerprint density at radius 2 is 2.04 bits per heavy atom. The van der Waals surface area contributed by atoms with Crippen LogP contribution in [0.25, 0.3) is 17.3 Å². The molecule has 1 atom stereocenters. The van der Waals surface area contributed by atoms with Crippen molar-refractivity contribution in [3.05, 3.63) is 47.9 Å². The Balaban J connectivity index is 1.77. The van der Waals surface area contributed by atoms with Crippen molar-refractivity contribution in [2.75, 3.05) is 19.6 Å². The summed E-state index contributed by atoms with van der Waals surface area (Å²) in [4.78, 5) is 18.5.